The first kappa shape index (κ1) is 14.9. The number of carboxylic acid groups (broad SMARTS) is 1. The number of nitrogens with zero attached hydrogens (tertiary/aromatic N) is 1. The van der Waals surface area contributed by atoms with Gasteiger partial charge in [-0.15, -0.1) is 0 Å². The number of aryl methyl sites for hydroxylation is 2. The van der Waals surface area contributed by atoms with Gasteiger partial charge in [-0.1, -0.05) is 11.6 Å². The lowest BCUT2D eigenvalue weighted by Gasteiger charge is -2.33. The number of hydrogen-bond acceptors (Lipinski definition) is 2. The van der Waals surface area contributed by atoms with Crippen LogP contribution in [0.4, 0.5) is 0 Å². The fourth-order valence-electron chi connectivity index (χ4n) is 2.53. The van der Waals surface area contributed by atoms with Gasteiger partial charge in [0.25, 0.3) is 5.91 Å². The molecule has 0 radical (unpaired) electrons. The van der Waals surface area contributed by atoms with Crippen LogP contribution in [0.2, 0.25) is 5.02 Å². The second kappa shape index (κ2) is 5.83. The summed E-state index contributed by atoms with van der Waals surface area (Å²) in [5, 5.41) is 9.63. The zero-order valence-corrected chi connectivity index (χ0v) is 12.4. The number of likely N-dealkylation sites (tertiary alicyclic amines) is 1. The molecule has 108 valence electrons. The monoisotopic (exact) mass is 295 g/mol. The van der Waals surface area contributed by atoms with E-state index in [1.165, 1.54) is 4.90 Å². The minimum absolute atomic E-state index is 0.287. The first-order valence-electron chi connectivity index (χ1n) is 6.72. The van der Waals surface area contributed by atoms with E-state index < -0.39 is 12.0 Å². The highest BCUT2D eigenvalue weighted by Gasteiger charge is 2.33. The summed E-state index contributed by atoms with van der Waals surface area (Å²) >= 11 is 6.15. The van der Waals surface area contributed by atoms with Gasteiger partial charge in [0.2, 0.25) is 0 Å². The Morgan fingerprint density at radius 2 is 1.90 bits per heavy atom. The largest absolute Gasteiger partial charge is 0.480 e. The molecule has 1 heterocycles. The molecule has 1 aromatic rings. The van der Waals surface area contributed by atoms with Gasteiger partial charge in [-0.3, -0.25) is 4.79 Å². The van der Waals surface area contributed by atoms with Crippen molar-refractivity contribution in [2.24, 2.45) is 0 Å². The van der Waals surface area contributed by atoms with Crippen LogP contribution in [0.5, 0.6) is 0 Å². The maximum absolute atomic E-state index is 12.6. The third kappa shape index (κ3) is 2.80. The molecule has 1 fully saturated rings. The van der Waals surface area contributed by atoms with Crippen molar-refractivity contribution in [2.75, 3.05) is 6.54 Å². The number of carbonyl (C=O) groups excluding carboxylic acids is 1. The predicted octanol–water partition coefficient (Wildman–Crippen LogP) is 3.04. The first-order chi connectivity index (χ1) is 9.41. The van der Waals surface area contributed by atoms with E-state index in [9.17, 15) is 14.7 Å². The summed E-state index contributed by atoms with van der Waals surface area (Å²) in [5.41, 5.74) is 2.38. The van der Waals surface area contributed by atoms with Gasteiger partial charge in [0.05, 0.1) is 10.6 Å². The highest BCUT2D eigenvalue weighted by molar-refractivity contribution is 6.34. The molecule has 0 bridgehead atoms. The van der Waals surface area contributed by atoms with Crippen LogP contribution < -0.4 is 0 Å². The average Bonchev–Trinajstić information content (AvgIpc) is 2.42. The molecule has 1 amide bonds. The van der Waals surface area contributed by atoms with Gasteiger partial charge in [0, 0.05) is 6.54 Å². The van der Waals surface area contributed by atoms with E-state index in [1.54, 1.807) is 12.1 Å². The Hall–Kier alpha value is -1.55. The summed E-state index contributed by atoms with van der Waals surface area (Å²) in [4.78, 5) is 25.3. The van der Waals surface area contributed by atoms with Crippen molar-refractivity contribution in [3.8, 4) is 0 Å². The average molecular weight is 296 g/mol. The molecule has 4 nitrogen and oxygen atoms in total. The second-order valence-electron chi connectivity index (χ2n) is 5.26. The molecule has 5 heteroatoms. The maximum Gasteiger partial charge on any atom is 0.326 e. The van der Waals surface area contributed by atoms with Crippen molar-refractivity contribution >= 4 is 23.5 Å². The summed E-state index contributed by atoms with van der Waals surface area (Å²) in [6, 6.07) is 2.76. The van der Waals surface area contributed by atoms with E-state index in [4.69, 9.17) is 11.6 Å². The van der Waals surface area contributed by atoms with Gasteiger partial charge in [-0.25, -0.2) is 4.79 Å². The van der Waals surface area contributed by atoms with E-state index in [0.29, 0.717) is 23.6 Å². The van der Waals surface area contributed by atoms with Gasteiger partial charge in [0.1, 0.15) is 6.04 Å². The third-order valence-corrected chi connectivity index (χ3v) is 4.18. The molecule has 1 atom stereocenters. The van der Waals surface area contributed by atoms with Crippen LogP contribution in [0.3, 0.4) is 0 Å². The number of amides is 1. The minimum Gasteiger partial charge on any atom is -0.480 e. The van der Waals surface area contributed by atoms with Crippen LogP contribution in [0, 0.1) is 13.8 Å². The number of aliphatic carboxylic acids is 1. The fraction of sp³-hybridized carbons (Fsp3) is 0.467. The summed E-state index contributed by atoms with van der Waals surface area (Å²) in [5.74, 6) is -1.23. The molecule has 0 aromatic heterocycles. The number of halogens is 1. The Labute approximate surface area is 123 Å². The van der Waals surface area contributed by atoms with Gasteiger partial charge < -0.3 is 10.0 Å². The summed E-state index contributed by atoms with van der Waals surface area (Å²) in [7, 11) is 0. The third-order valence-electron chi connectivity index (χ3n) is 3.86. The SMILES string of the molecule is Cc1cc(Cl)c(C(=O)N2CCCC[C@@H]2C(=O)O)cc1C. The lowest BCUT2D eigenvalue weighted by atomic mass is 9.99. The van der Waals surface area contributed by atoms with Crippen LogP contribution in [-0.4, -0.2) is 34.5 Å². The van der Waals surface area contributed by atoms with Crippen LogP contribution in [0.25, 0.3) is 0 Å². The van der Waals surface area contributed by atoms with Crippen LogP contribution in [0.15, 0.2) is 12.1 Å². The van der Waals surface area contributed by atoms with Crippen molar-refractivity contribution in [3.05, 3.63) is 33.8 Å². The van der Waals surface area contributed by atoms with Crippen molar-refractivity contribution in [2.45, 2.75) is 39.2 Å². The first-order valence-corrected chi connectivity index (χ1v) is 7.10. The lowest BCUT2D eigenvalue weighted by Crippen LogP contribution is -2.48. The molecule has 0 unspecified atom stereocenters. The number of hydrogen-bond donors (Lipinski definition) is 1. The highest BCUT2D eigenvalue weighted by atomic mass is 35.5. The normalized spacial score (nSPS) is 18.9. The maximum atomic E-state index is 12.6. The molecule has 0 saturated carbocycles. The van der Waals surface area contributed by atoms with Crippen LogP contribution in [0.1, 0.15) is 40.7 Å². The van der Waals surface area contributed by atoms with E-state index >= 15 is 0 Å². The molecule has 1 saturated heterocycles. The Kier molecular flexibility index (Phi) is 4.33. The number of carboxylic acids is 1. The molecule has 20 heavy (non-hydrogen) atoms. The molecular formula is C15H18ClNO3. The zero-order chi connectivity index (χ0) is 14.9. The summed E-state index contributed by atoms with van der Waals surface area (Å²) in [6.45, 7) is 4.31. The number of rotatable bonds is 2. The van der Waals surface area contributed by atoms with Gasteiger partial charge >= 0.3 is 5.97 Å². The van der Waals surface area contributed by atoms with Crippen molar-refractivity contribution in [1.29, 1.82) is 0 Å². The molecule has 1 aliphatic heterocycles. The lowest BCUT2D eigenvalue weighted by molar-refractivity contribution is -0.143. The Morgan fingerprint density at radius 1 is 1.25 bits per heavy atom. The van der Waals surface area contributed by atoms with Crippen molar-refractivity contribution in [3.63, 3.8) is 0 Å². The number of benzene rings is 1. The predicted molar refractivity (Wildman–Crippen MR) is 77.2 cm³/mol. The fourth-order valence-corrected chi connectivity index (χ4v) is 2.83. The van der Waals surface area contributed by atoms with E-state index in [2.05, 4.69) is 0 Å². The molecule has 0 aliphatic carbocycles. The highest BCUT2D eigenvalue weighted by Crippen LogP contribution is 2.26. The summed E-state index contributed by atoms with van der Waals surface area (Å²) in [6.07, 6.45) is 2.17. The van der Waals surface area contributed by atoms with Crippen LogP contribution >= 0.6 is 11.6 Å². The topological polar surface area (TPSA) is 57.6 Å². The van der Waals surface area contributed by atoms with Gasteiger partial charge in [-0.2, -0.15) is 0 Å². The van der Waals surface area contributed by atoms with Crippen molar-refractivity contribution in [1.82, 2.24) is 4.90 Å². The van der Waals surface area contributed by atoms with Gasteiger partial charge in [0.15, 0.2) is 0 Å². The zero-order valence-electron chi connectivity index (χ0n) is 11.6. The molecule has 1 N–H and O–H groups in total. The van der Waals surface area contributed by atoms with E-state index in [-0.39, 0.29) is 5.91 Å². The minimum atomic E-state index is -0.946. The quantitative estimate of drug-likeness (QED) is 0.912. The van der Waals surface area contributed by atoms with Gasteiger partial charge in [-0.05, 0) is 56.4 Å². The molecule has 0 spiro atoms. The molecule has 1 aliphatic rings. The number of piperidine rings is 1. The van der Waals surface area contributed by atoms with Crippen LogP contribution in [-0.2, 0) is 4.79 Å². The summed E-state index contributed by atoms with van der Waals surface area (Å²) < 4.78 is 0. The Bertz CT molecular complexity index is 556. The van der Waals surface area contributed by atoms with E-state index in [0.717, 1.165) is 24.0 Å². The standard InChI is InChI=1S/C15H18ClNO3/c1-9-7-11(12(16)8-10(9)2)14(18)17-6-4-3-5-13(17)15(19)20/h7-8,13H,3-6H2,1-2H3,(H,19,20)/t13-/m1/s1. The Balaban J connectivity index is 2.34. The molecular weight excluding hydrogens is 278 g/mol. The van der Waals surface area contributed by atoms with E-state index in [1.807, 2.05) is 13.8 Å². The smallest absolute Gasteiger partial charge is 0.326 e. The number of carbonyl (C=O) groups is 2. The molecule has 1 aromatic carbocycles. The second-order valence-corrected chi connectivity index (χ2v) is 5.67. The molecule has 2 rings (SSSR count). The van der Waals surface area contributed by atoms with Crippen molar-refractivity contribution < 1.29 is 14.7 Å². The Morgan fingerprint density at radius 3 is 2.55 bits per heavy atom.